The van der Waals surface area contributed by atoms with Crippen molar-refractivity contribution < 1.29 is 13.9 Å². The van der Waals surface area contributed by atoms with Crippen LogP contribution in [0.5, 0.6) is 5.75 Å². The van der Waals surface area contributed by atoms with Gasteiger partial charge in [0.2, 0.25) is 4.96 Å². The van der Waals surface area contributed by atoms with Crippen LogP contribution in [-0.4, -0.2) is 38.0 Å². The molecule has 9 heteroatoms. The number of hydrogen-bond donors (Lipinski definition) is 0. The predicted molar refractivity (Wildman–Crippen MR) is 120 cm³/mol. The lowest BCUT2D eigenvalue weighted by Crippen LogP contribution is -1.99. The van der Waals surface area contributed by atoms with Gasteiger partial charge < -0.3 is 4.74 Å². The molecular weight excluding hydrogens is 435 g/mol. The summed E-state index contributed by atoms with van der Waals surface area (Å²) in [6.45, 7) is 0.615. The van der Waals surface area contributed by atoms with Crippen LogP contribution < -0.4 is 4.74 Å². The van der Waals surface area contributed by atoms with E-state index in [0.29, 0.717) is 12.2 Å². The van der Waals surface area contributed by atoms with Crippen molar-refractivity contribution >= 4 is 39.9 Å². The van der Waals surface area contributed by atoms with Crippen molar-refractivity contribution in [2.45, 2.75) is 17.2 Å². The second-order valence-electron chi connectivity index (χ2n) is 6.60. The molecular formula is C22H19FN4O2S2. The van der Waals surface area contributed by atoms with Gasteiger partial charge in [0, 0.05) is 11.3 Å². The van der Waals surface area contributed by atoms with Crippen LogP contribution in [0.4, 0.5) is 4.39 Å². The van der Waals surface area contributed by atoms with Crippen LogP contribution in [0.2, 0.25) is 0 Å². The number of carbonyl (C=O) groups is 1. The quantitative estimate of drug-likeness (QED) is 0.142. The van der Waals surface area contributed by atoms with E-state index in [1.165, 1.54) is 29.5 Å². The zero-order valence-corrected chi connectivity index (χ0v) is 18.1. The maximum atomic E-state index is 12.9. The maximum absolute atomic E-state index is 12.9. The van der Waals surface area contributed by atoms with Gasteiger partial charge in [-0.1, -0.05) is 41.3 Å². The standard InChI is InChI=1S/C22H19FN4O2S2/c23-18-8-3-16(4-9-18)5-12-20(28)17-6-10-19(11-7-17)29-13-1-2-14-30-22-26-27-15-24-25-21(27)31-22/h3-12,15H,1-2,13-14H2/b12-5+. The van der Waals surface area contributed by atoms with Crippen molar-refractivity contribution in [2.24, 2.45) is 0 Å². The molecule has 0 aliphatic heterocycles. The lowest BCUT2D eigenvalue weighted by Gasteiger charge is -2.06. The molecule has 2 aromatic heterocycles. The Bertz CT molecular complexity index is 1140. The molecule has 0 bridgehead atoms. The number of rotatable bonds is 10. The number of aromatic nitrogens is 4. The molecule has 0 atom stereocenters. The summed E-state index contributed by atoms with van der Waals surface area (Å²) in [5.41, 5.74) is 1.35. The highest BCUT2D eigenvalue weighted by Crippen LogP contribution is 2.24. The molecule has 0 amide bonds. The Morgan fingerprint density at radius 2 is 1.94 bits per heavy atom. The molecule has 0 spiro atoms. The summed E-state index contributed by atoms with van der Waals surface area (Å²) in [7, 11) is 0. The number of ether oxygens (including phenoxy) is 1. The van der Waals surface area contributed by atoms with Gasteiger partial charge in [0.05, 0.1) is 6.61 Å². The van der Waals surface area contributed by atoms with Gasteiger partial charge in [-0.25, -0.2) is 4.39 Å². The summed E-state index contributed by atoms with van der Waals surface area (Å²) >= 11 is 3.24. The van der Waals surface area contributed by atoms with Crippen molar-refractivity contribution in [1.29, 1.82) is 0 Å². The van der Waals surface area contributed by atoms with Crippen LogP contribution in [0.1, 0.15) is 28.8 Å². The summed E-state index contributed by atoms with van der Waals surface area (Å²) in [6, 6.07) is 13.1. The van der Waals surface area contributed by atoms with Crippen molar-refractivity contribution in [3.05, 3.63) is 77.9 Å². The SMILES string of the molecule is O=C(/C=C/c1ccc(F)cc1)c1ccc(OCCCCSc2nn3cnnc3s2)cc1. The van der Waals surface area contributed by atoms with Crippen LogP contribution in [-0.2, 0) is 0 Å². The average Bonchev–Trinajstić information content (AvgIpc) is 3.38. The number of halogens is 1. The minimum absolute atomic E-state index is 0.113. The molecule has 0 unspecified atom stereocenters. The highest BCUT2D eigenvalue weighted by molar-refractivity contribution is 8.01. The maximum Gasteiger partial charge on any atom is 0.235 e. The van der Waals surface area contributed by atoms with Crippen molar-refractivity contribution in [1.82, 2.24) is 19.8 Å². The minimum Gasteiger partial charge on any atom is -0.494 e. The van der Waals surface area contributed by atoms with Crippen LogP contribution in [0.25, 0.3) is 11.0 Å². The number of nitrogens with zero attached hydrogens (tertiary/aromatic N) is 4. The van der Waals surface area contributed by atoms with E-state index in [4.69, 9.17) is 4.74 Å². The first kappa shape index (κ1) is 21.2. The van der Waals surface area contributed by atoms with Crippen molar-refractivity contribution in [3.63, 3.8) is 0 Å². The van der Waals surface area contributed by atoms with E-state index in [2.05, 4.69) is 15.3 Å². The van der Waals surface area contributed by atoms with Crippen molar-refractivity contribution in [2.75, 3.05) is 12.4 Å². The number of ketones is 1. The second-order valence-corrected chi connectivity index (χ2v) is 8.90. The molecule has 0 saturated heterocycles. The molecule has 4 aromatic rings. The van der Waals surface area contributed by atoms with Gasteiger partial charge >= 0.3 is 0 Å². The molecule has 158 valence electrons. The Balaban J connectivity index is 1.16. The number of fused-ring (bicyclic) bond motifs is 1. The molecule has 2 aromatic carbocycles. The van der Waals surface area contributed by atoms with Crippen LogP contribution in [0, 0.1) is 5.82 Å². The number of carbonyl (C=O) groups excluding carboxylic acids is 1. The van der Waals surface area contributed by atoms with Crippen LogP contribution >= 0.6 is 23.1 Å². The van der Waals surface area contributed by atoms with E-state index in [1.54, 1.807) is 65.1 Å². The first-order valence-electron chi connectivity index (χ1n) is 9.68. The third-order valence-electron chi connectivity index (χ3n) is 4.34. The van der Waals surface area contributed by atoms with Crippen LogP contribution in [0.15, 0.2) is 65.3 Å². The Labute approximate surface area is 186 Å². The molecule has 0 aliphatic carbocycles. The predicted octanol–water partition coefficient (Wildman–Crippen LogP) is 5.17. The topological polar surface area (TPSA) is 69.4 Å². The zero-order valence-electron chi connectivity index (χ0n) is 16.5. The summed E-state index contributed by atoms with van der Waals surface area (Å²) in [5.74, 6) is 1.28. The summed E-state index contributed by atoms with van der Waals surface area (Å²) in [5, 5.41) is 12.2. The highest BCUT2D eigenvalue weighted by Gasteiger charge is 2.06. The first-order valence-corrected chi connectivity index (χ1v) is 11.5. The average molecular weight is 455 g/mol. The largest absolute Gasteiger partial charge is 0.494 e. The lowest BCUT2D eigenvalue weighted by molar-refractivity contribution is 0.104. The Hall–Kier alpha value is -3.04. The van der Waals surface area contributed by atoms with Gasteiger partial charge in [0.25, 0.3) is 0 Å². The molecule has 6 nitrogen and oxygen atoms in total. The van der Waals surface area contributed by atoms with E-state index >= 15 is 0 Å². The van der Waals surface area contributed by atoms with Gasteiger partial charge in [-0.3, -0.25) is 4.79 Å². The Morgan fingerprint density at radius 3 is 2.71 bits per heavy atom. The third-order valence-corrected chi connectivity index (χ3v) is 6.47. The third kappa shape index (κ3) is 5.99. The van der Waals surface area contributed by atoms with E-state index in [1.807, 2.05) is 0 Å². The second kappa shape index (κ2) is 10.3. The molecule has 2 heterocycles. The van der Waals surface area contributed by atoms with Crippen molar-refractivity contribution in [3.8, 4) is 5.75 Å². The smallest absolute Gasteiger partial charge is 0.235 e. The molecule has 31 heavy (non-hydrogen) atoms. The first-order chi connectivity index (χ1) is 15.2. The van der Waals surface area contributed by atoms with E-state index in [-0.39, 0.29) is 11.6 Å². The normalized spacial score (nSPS) is 11.4. The van der Waals surface area contributed by atoms with Gasteiger partial charge in [-0.15, -0.1) is 15.3 Å². The molecule has 0 radical (unpaired) electrons. The summed E-state index contributed by atoms with van der Waals surface area (Å²) < 4.78 is 21.4. The van der Waals surface area contributed by atoms with E-state index in [9.17, 15) is 9.18 Å². The zero-order chi connectivity index (χ0) is 21.5. The molecule has 0 aliphatic rings. The summed E-state index contributed by atoms with van der Waals surface area (Å²) in [4.78, 5) is 13.1. The monoisotopic (exact) mass is 454 g/mol. The minimum atomic E-state index is -0.300. The van der Waals surface area contributed by atoms with Gasteiger partial charge in [0.1, 0.15) is 17.9 Å². The number of benzene rings is 2. The number of hydrogen-bond acceptors (Lipinski definition) is 7. The fourth-order valence-corrected chi connectivity index (χ4v) is 4.64. The number of unbranched alkanes of at least 4 members (excludes halogenated alkanes) is 1. The number of allylic oxidation sites excluding steroid dienone is 1. The lowest BCUT2D eigenvalue weighted by atomic mass is 10.1. The van der Waals surface area contributed by atoms with E-state index in [0.717, 1.165) is 39.2 Å². The number of thioether (sulfide) groups is 1. The van der Waals surface area contributed by atoms with Crippen LogP contribution in [0.3, 0.4) is 0 Å². The van der Waals surface area contributed by atoms with Gasteiger partial charge in [-0.05, 0) is 60.9 Å². The van der Waals surface area contributed by atoms with E-state index < -0.39 is 0 Å². The molecule has 4 rings (SSSR count). The summed E-state index contributed by atoms with van der Waals surface area (Å²) in [6.07, 6.45) is 6.69. The molecule has 0 N–H and O–H groups in total. The van der Waals surface area contributed by atoms with Gasteiger partial charge in [0.15, 0.2) is 10.1 Å². The Morgan fingerprint density at radius 1 is 1.13 bits per heavy atom. The fourth-order valence-electron chi connectivity index (χ4n) is 2.71. The highest BCUT2D eigenvalue weighted by atomic mass is 32.2. The molecule has 0 saturated carbocycles. The molecule has 0 fully saturated rings. The Kier molecular flexibility index (Phi) is 7.06. The van der Waals surface area contributed by atoms with Gasteiger partial charge in [-0.2, -0.15) is 4.52 Å². The fraction of sp³-hybridized carbons (Fsp3) is 0.182.